The van der Waals surface area contributed by atoms with Crippen LogP contribution in [0.1, 0.15) is 33.3 Å². The second-order valence-corrected chi connectivity index (χ2v) is 6.99. The highest BCUT2D eigenvalue weighted by Gasteiger charge is 2.25. The number of rotatable bonds is 5. The average molecular weight is 340 g/mol. The van der Waals surface area contributed by atoms with Crippen LogP contribution in [0, 0.1) is 0 Å². The predicted molar refractivity (Wildman–Crippen MR) is 93.4 cm³/mol. The number of nitrogens with zero attached hydrogens (tertiary/aromatic N) is 1. The highest BCUT2D eigenvalue weighted by atomic mass is 32.1. The highest BCUT2D eigenvalue weighted by molar-refractivity contribution is 7.14. The van der Waals surface area contributed by atoms with Crippen LogP contribution in [0.3, 0.4) is 0 Å². The number of hydrogen-bond acceptors (Lipinski definition) is 4. The van der Waals surface area contributed by atoms with E-state index in [1.165, 1.54) is 29.1 Å². The second kappa shape index (κ2) is 6.09. The van der Waals surface area contributed by atoms with Gasteiger partial charge in [0, 0.05) is 16.0 Å². The standard InChI is InChI=1S/C17H16N4O2S/c22-16(20-12-4-3-11-8-19-21-13(11)7-12)9-18-17(23)15-6-5-14(24-15)10-1-2-10/h3-8,10H,1-2,9H2,(H,18,23)(H,19,21)(H,20,22). The van der Waals surface area contributed by atoms with Crippen molar-refractivity contribution in [2.75, 3.05) is 11.9 Å². The molecule has 3 N–H and O–H groups in total. The summed E-state index contributed by atoms with van der Waals surface area (Å²) in [6, 6.07) is 9.33. The van der Waals surface area contributed by atoms with Crippen molar-refractivity contribution in [1.82, 2.24) is 15.5 Å². The van der Waals surface area contributed by atoms with E-state index in [4.69, 9.17) is 0 Å². The average Bonchev–Trinajstić information content (AvgIpc) is 3.12. The van der Waals surface area contributed by atoms with Gasteiger partial charge in [0.15, 0.2) is 0 Å². The maximum absolute atomic E-state index is 12.1. The van der Waals surface area contributed by atoms with Crippen LogP contribution in [-0.2, 0) is 4.79 Å². The number of H-pyrrole nitrogens is 1. The van der Waals surface area contributed by atoms with E-state index in [-0.39, 0.29) is 18.4 Å². The Morgan fingerprint density at radius 2 is 2.12 bits per heavy atom. The number of anilines is 1. The molecule has 0 aliphatic heterocycles. The number of hydrogen-bond donors (Lipinski definition) is 3. The molecule has 0 spiro atoms. The zero-order chi connectivity index (χ0) is 16.5. The van der Waals surface area contributed by atoms with Crippen LogP contribution >= 0.6 is 11.3 Å². The van der Waals surface area contributed by atoms with Gasteiger partial charge in [0.1, 0.15) is 0 Å². The number of benzene rings is 1. The van der Waals surface area contributed by atoms with E-state index in [9.17, 15) is 9.59 Å². The van der Waals surface area contributed by atoms with Gasteiger partial charge in [-0.2, -0.15) is 5.10 Å². The van der Waals surface area contributed by atoms with Gasteiger partial charge in [0.25, 0.3) is 5.91 Å². The topological polar surface area (TPSA) is 86.9 Å². The molecule has 2 heterocycles. The number of aromatic amines is 1. The fourth-order valence-corrected chi connectivity index (χ4v) is 3.62. The van der Waals surface area contributed by atoms with Gasteiger partial charge in [-0.05, 0) is 49.1 Å². The third-order valence-corrected chi connectivity index (χ3v) is 5.21. The molecule has 0 radical (unpaired) electrons. The Balaban J connectivity index is 1.32. The maximum atomic E-state index is 12.1. The molecule has 0 bridgehead atoms. The van der Waals surface area contributed by atoms with Crippen molar-refractivity contribution in [2.45, 2.75) is 18.8 Å². The lowest BCUT2D eigenvalue weighted by atomic mass is 10.2. The zero-order valence-electron chi connectivity index (χ0n) is 12.8. The number of nitrogens with one attached hydrogen (secondary N) is 3. The number of fused-ring (bicyclic) bond motifs is 1. The maximum Gasteiger partial charge on any atom is 0.261 e. The van der Waals surface area contributed by atoms with Crippen molar-refractivity contribution in [1.29, 1.82) is 0 Å². The molecule has 1 aliphatic rings. The van der Waals surface area contributed by atoms with E-state index in [0.29, 0.717) is 16.5 Å². The predicted octanol–water partition coefficient (Wildman–Crippen LogP) is 2.87. The molecule has 7 heteroatoms. The smallest absolute Gasteiger partial charge is 0.261 e. The fraction of sp³-hybridized carbons (Fsp3) is 0.235. The molecule has 1 aromatic carbocycles. The Morgan fingerprint density at radius 3 is 2.96 bits per heavy atom. The first-order valence-corrected chi connectivity index (χ1v) is 8.61. The molecular formula is C17H16N4O2S. The summed E-state index contributed by atoms with van der Waals surface area (Å²) < 4.78 is 0. The van der Waals surface area contributed by atoms with E-state index in [0.717, 1.165) is 10.9 Å². The Kier molecular flexibility index (Phi) is 3.78. The van der Waals surface area contributed by atoms with Crippen molar-refractivity contribution in [3.8, 4) is 0 Å². The molecule has 0 atom stereocenters. The number of carbonyl (C=O) groups is 2. The summed E-state index contributed by atoms with van der Waals surface area (Å²) in [5.41, 5.74) is 1.51. The van der Waals surface area contributed by atoms with Crippen LogP contribution in [0.5, 0.6) is 0 Å². The third-order valence-electron chi connectivity index (χ3n) is 3.97. The van der Waals surface area contributed by atoms with Gasteiger partial charge in [0.05, 0.1) is 23.1 Å². The van der Waals surface area contributed by atoms with E-state index in [1.807, 2.05) is 24.3 Å². The van der Waals surface area contributed by atoms with Crippen LogP contribution in [0.15, 0.2) is 36.5 Å². The normalized spacial score (nSPS) is 13.8. The molecular weight excluding hydrogens is 324 g/mol. The number of thiophene rings is 1. The third kappa shape index (κ3) is 3.16. The van der Waals surface area contributed by atoms with Gasteiger partial charge < -0.3 is 10.6 Å². The minimum absolute atomic E-state index is 0.0590. The summed E-state index contributed by atoms with van der Waals surface area (Å²) in [6.45, 7) is -0.0590. The van der Waals surface area contributed by atoms with Crippen LogP contribution in [0.2, 0.25) is 0 Å². The first kappa shape index (κ1) is 14.9. The van der Waals surface area contributed by atoms with Gasteiger partial charge in [-0.15, -0.1) is 11.3 Å². The van der Waals surface area contributed by atoms with Crippen LogP contribution in [0.25, 0.3) is 10.9 Å². The molecule has 24 heavy (non-hydrogen) atoms. The first-order valence-electron chi connectivity index (χ1n) is 7.80. The van der Waals surface area contributed by atoms with Crippen molar-refractivity contribution in [3.63, 3.8) is 0 Å². The molecule has 2 aromatic heterocycles. The van der Waals surface area contributed by atoms with Crippen molar-refractivity contribution in [3.05, 3.63) is 46.3 Å². The Labute approximate surface area is 142 Å². The Hall–Kier alpha value is -2.67. The Morgan fingerprint density at radius 1 is 1.25 bits per heavy atom. The lowest BCUT2D eigenvalue weighted by Gasteiger charge is -2.06. The van der Waals surface area contributed by atoms with Crippen LogP contribution in [0.4, 0.5) is 5.69 Å². The summed E-state index contributed by atoms with van der Waals surface area (Å²) in [4.78, 5) is 26.0. The van der Waals surface area contributed by atoms with E-state index in [2.05, 4.69) is 20.8 Å². The van der Waals surface area contributed by atoms with Gasteiger partial charge in [-0.3, -0.25) is 14.7 Å². The minimum atomic E-state index is -0.263. The van der Waals surface area contributed by atoms with E-state index in [1.54, 1.807) is 12.3 Å². The lowest BCUT2D eigenvalue weighted by molar-refractivity contribution is -0.115. The zero-order valence-corrected chi connectivity index (χ0v) is 13.7. The molecule has 4 rings (SSSR count). The second-order valence-electron chi connectivity index (χ2n) is 5.88. The summed E-state index contributed by atoms with van der Waals surface area (Å²) in [7, 11) is 0. The van der Waals surface area contributed by atoms with E-state index >= 15 is 0 Å². The number of aromatic nitrogens is 2. The van der Waals surface area contributed by atoms with E-state index < -0.39 is 0 Å². The fourth-order valence-electron chi connectivity index (χ4n) is 2.53. The molecule has 3 aromatic rings. The number of carbonyl (C=O) groups excluding carboxylic acids is 2. The largest absolute Gasteiger partial charge is 0.342 e. The summed E-state index contributed by atoms with van der Waals surface area (Å²) in [5, 5.41) is 13.2. The van der Waals surface area contributed by atoms with Gasteiger partial charge in [-0.25, -0.2) is 0 Å². The van der Waals surface area contributed by atoms with Crippen molar-refractivity contribution >= 4 is 39.7 Å². The van der Waals surface area contributed by atoms with Gasteiger partial charge in [0.2, 0.25) is 5.91 Å². The summed E-state index contributed by atoms with van der Waals surface area (Å²) in [5.74, 6) is 0.171. The monoisotopic (exact) mass is 340 g/mol. The summed E-state index contributed by atoms with van der Waals surface area (Å²) in [6.07, 6.45) is 4.15. The van der Waals surface area contributed by atoms with Crippen LogP contribution in [-0.4, -0.2) is 28.6 Å². The molecule has 2 amide bonds. The SMILES string of the molecule is O=C(CNC(=O)c1ccc(C2CC2)s1)Nc1ccc2cn[nH]c2c1. The molecule has 122 valence electrons. The molecule has 0 saturated heterocycles. The quantitative estimate of drug-likeness (QED) is 0.667. The van der Waals surface area contributed by atoms with Crippen LogP contribution < -0.4 is 10.6 Å². The molecule has 1 fully saturated rings. The van der Waals surface area contributed by atoms with Crippen molar-refractivity contribution in [2.24, 2.45) is 0 Å². The van der Waals surface area contributed by atoms with Gasteiger partial charge >= 0.3 is 0 Å². The van der Waals surface area contributed by atoms with Gasteiger partial charge in [-0.1, -0.05) is 0 Å². The molecule has 1 aliphatic carbocycles. The summed E-state index contributed by atoms with van der Waals surface area (Å²) >= 11 is 1.51. The first-order chi connectivity index (χ1) is 11.7. The minimum Gasteiger partial charge on any atom is -0.342 e. The Bertz CT molecular complexity index is 910. The number of amides is 2. The molecule has 6 nitrogen and oxygen atoms in total. The molecule has 1 saturated carbocycles. The molecule has 0 unspecified atom stereocenters. The van der Waals surface area contributed by atoms with Crippen molar-refractivity contribution < 1.29 is 9.59 Å². The highest BCUT2D eigenvalue weighted by Crippen LogP contribution is 2.43. The lowest BCUT2D eigenvalue weighted by Crippen LogP contribution is -2.32.